The van der Waals surface area contributed by atoms with Gasteiger partial charge in [-0.15, -0.1) is 0 Å². The van der Waals surface area contributed by atoms with Gasteiger partial charge in [0.2, 0.25) is 5.89 Å². The number of carbonyl (C=O) groups excluding carboxylic acids is 1. The zero-order valence-electron chi connectivity index (χ0n) is 11.3. The Hall–Kier alpha value is -1.92. The van der Waals surface area contributed by atoms with Crippen LogP contribution in [-0.4, -0.2) is 26.7 Å². The topological polar surface area (TPSA) is 46.3 Å². The van der Waals surface area contributed by atoms with Crippen LogP contribution in [0, 0.1) is 0 Å². The third kappa shape index (κ3) is 2.77. The quantitative estimate of drug-likeness (QED) is 0.627. The van der Waals surface area contributed by atoms with Gasteiger partial charge in [0, 0.05) is 12.1 Å². The van der Waals surface area contributed by atoms with E-state index in [1.54, 1.807) is 17.2 Å². The maximum Gasteiger partial charge on any atom is 0.291 e. The van der Waals surface area contributed by atoms with E-state index in [9.17, 15) is 4.79 Å². The average Bonchev–Trinajstić information content (AvgIpc) is 3.06. The summed E-state index contributed by atoms with van der Waals surface area (Å²) in [4.78, 5) is 18.9. The summed E-state index contributed by atoms with van der Waals surface area (Å²) in [5.74, 6) is 1.14. The third-order valence-electron chi connectivity index (χ3n) is 3.01. The highest BCUT2D eigenvalue weighted by Crippen LogP contribution is 2.33. The first-order valence-electron chi connectivity index (χ1n) is 6.45. The molecular formula is C15H12N2O2S2. The van der Waals surface area contributed by atoms with Gasteiger partial charge in [0.25, 0.3) is 5.24 Å². The lowest BCUT2D eigenvalue weighted by Gasteiger charge is -2.09. The van der Waals surface area contributed by atoms with Crippen LogP contribution in [-0.2, 0) is 0 Å². The minimum atomic E-state index is -0.0449. The summed E-state index contributed by atoms with van der Waals surface area (Å²) in [5, 5.41) is -0.0449. The second-order valence-electron chi connectivity index (χ2n) is 4.36. The van der Waals surface area contributed by atoms with Crippen LogP contribution in [0.5, 0.6) is 0 Å². The van der Waals surface area contributed by atoms with Crippen molar-refractivity contribution < 1.29 is 9.21 Å². The van der Waals surface area contributed by atoms with E-state index in [2.05, 4.69) is 4.98 Å². The molecule has 1 aromatic carbocycles. The van der Waals surface area contributed by atoms with Gasteiger partial charge < -0.3 is 4.42 Å². The number of thioether (sulfide) groups is 1. The smallest absolute Gasteiger partial charge is 0.291 e. The average molecular weight is 316 g/mol. The molecule has 4 nitrogen and oxygen atoms in total. The molecule has 0 spiro atoms. The van der Waals surface area contributed by atoms with Crippen LogP contribution in [0.25, 0.3) is 17.5 Å². The molecule has 0 aliphatic carbocycles. The normalized spacial score (nSPS) is 17.0. The molecule has 0 N–H and O–H groups in total. The predicted octanol–water partition coefficient (Wildman–Crippen LogP) is 4.20. The van der Waals surface area contributed by atoms with Crippen molar-refractivity contribution in [3.05, 3.63) is 47.2 Å². The molecule has 1 aliphatic heterocycles. The number of thiocarbonyl (C=S) groups is 1. The molecule has 0 bridgehead atoms. The number of aromatic nitrogens is 1. The van der Waals surface area contributed by atoms with Crippen LogP contribution in [0.4, 0.5) is 4.79 Å². The molecule has 3 rings (SSSR count). The van der Waals surface area contributed by atoms with E-state index in [1.165, 1.54) is 0 Å². The maximum absolute atomic E-state index is 11.8. The number of carbonyl (C=O) groups is 1. The van der Waals surface area contributed by atoms with Gasteiger partial charge in [-0.2, -0.15) is 0 Å². The Morgan fingerprint density at radius 3 is 2.81 bits per heavy atom. The molecule has 1 fully saturated rings. The molecule has 0 unspecified atom stereocenters. The molecule has 106 valence electrons. The van der Waals surface area contributed by atoms with Crippen molar-refractivity contribution in [1.29, 1.82) is 0 Å². The van der Waals surface area contributed by atoms with Crippen LogP contribution in [0.15, 0.2) is 45.9 Å². The molecule has 2 heterocycles. The summed E-state index contributed by atoms with van der Waals surface area (Å²) >= 11 is 6.42. The lowest BCUT2D eigenvalue weighted by Crippen LogP contribution is -2.26. The predicted molar refractivity (Wildman–Crippen MR) is 87.9 cm³/mol. The van der Waals surface area contributed by atoms with E-state index in [0.29, 0.717) is 23.2 Å². The highest BCUT2D eigenvalue weighted by atomic mass is 32.2. The van der Waals surface area contributed by atoms with Crippen molar-refractivity contribution in [2.75, 3.05) is 6.54 Å². The van der Waals surface area contributed by atoms with Crippen molar-refractivity contribution in [3.8, 4) is 11.5 Å². The SMILES string of the molecule is CCN1C(=O)SC(=Cc2cnc(-c3ccccc3)o2)C1=S. The van der Waals surface area contributed by atoms with Crippen molar-refractivity contribution >= 4 is 40.3 Å². The first-order valence-corrected chi connectivity index (χ1v) is 7.68. The molecule has 21 heavy (non-hydrogen) atoms. The van der Waals surface area contributed by atoms with Gasteiger partial charge in [0.05, 0.1) is 11.1 Å². The van der Waals surface area contributed by atoms with Gasteiger partial charge in [-0.05, 0) is 36.9 Å². The molecule has 1 amide bonds. The Morgan fingerprint density at radius 1 is 1.38 bits per heavy atom. The van der Waals surface area contributed by atoms with Crippen molar-refractivity contribution in [1.82, 2.24) is 9.88 Å². The number of likely N-dealkylation sites (N-methyl/N-ethyl adjacent to an activating group) is 1. The summed E-state index contributed by atoms with van der Waals surface area (Å²) in [5.41, 5.74) is 0.912. The zero-order chi connectivity index (χ0) is 14.8. The van der Waals surface area contributed by atoms with Gasteiger partial charge in [0.1, 0.15) is 10.7 Å². The lowest BCUT2D eigenvalue weighted by atomic mass is 10.2. The first kappa shape index (κ1) is 14.0. The molecular weight excluding hydrogens is 304 g/mol. The Morgan fingerprint density at radius 2 is 2.14 bits per heavy atom. The zero-order valence-corrected chi connectivity index (χ0v) is 12.9. The molecule has 0 saturated carbocycles. The van der Waals surface area contributed by atoms with E-state index in [4.69, 9.17) is 16.6 Å². The van der Waals surface area contributed by atoms with E-state index < -0.39 is 0 Å². The molecule has 2 aromatic rings. The van der Waals surface area contributed by atoms with E-state index in [0.717, 1.165) is 22.2 Å². The van der Waals surface area contributed by atoms with Crippen LogP contribution in [0.2, 0.25) is 0 Å². The van der Waals surface area contributed by atoms with Crippen LogP contribution in [0.1, 0.15) is 12.7 Å². The van der Waals surface area contributed by atoms with Gasteiger partial charge in [-0.25, -0.2) is 4.98 Å². The number of hydrogen-bond acceptors (Lipinski definition) is 5. The molecule has 1 saturated heterocycles. The van der Waals surface area contributed by atoms with Crippen LogP contribution < -0.4 is 0 Å². The Balaban J connectivity index is 1.87. The van der Waals surface area contributed by atoms with Gasteiger partial charge in [0.15, 0.2) is 0 Å². The standard InChI is InChI=1S/C15H12N2O2S2/c1-2-17-14(20)12(21-15(17)18)8-11-9-16-13(19-11)10-6-4-3-5-7-10/h3-9H,2H2,1H3. The molecule has 0 radical (unpaired) electrons. The fourth-order valence-corrected chi connectivity index (χ4v) is 3.31. The largest absolute Gasteiger partial charge is 0.437 e. The van der Waals surface area contributed by atoms with E-state index >= 15 is 0 Å². The molecule has 6 heteroatoms. The third-order valence-corrected chi connectivity index (χ3v) is 4.50. The number of hydrogen-bond donors (Lipinski definition) is 0. The maximum atomic E-state index is 11.8. The highest BCUT2D eigenvalue weighted by Gasteiger charge is 2.30. The Kier molecular flexibility index (Phi) is 3.90. The second-order valence-corrected chi connectivity index (χ2v) is 5.74. The fraction of sp³-hybridized carbons (Fsp3) is 0.133. The summed E-state index contributed by atoms with van der Waals surface area (Å²) in [7, 11) is 0. The Labute approximate surface area is 131 Å². The molecule has 0 atom stereocenters. The number of oxazole rings is 1. The van der Waals surface area contributed by atoms with Gasteiger partial charge in [-0.1, -0.05) is 30.4 Å². The van der Waals surface area contributed by atoms with Crippen LogP contribution >= 0.6 is 24.0 Å². The number of amides is 1. The summed E-state index contributed by atoms with van der Waals surface area (Å²) in [6, 6.07) is 9.66. The monoisotopic (exact) mass is 316 g/mol. The van der Waals surface area contributed by atoms with Gasteiger partial charge >= 0.3 is 0 Å². The van der Waals surface area contributed by atoms with Crippen LogP contribution in [0.3, 0.4) is 0 Å². The highest BCUT2D eigenvalue weighted by molar-refractivity contribution is 8.19. The number of nitrogens with zero attached hydrogens (tertiary/aromatic N) is 2. The van der Waals surface area contributed by atoms with E-state index in [-0.39, 0.29) is 5.24 Å². The van der Waals surface area contributed by atoms with Crippen molar-refractivity contribution in [2.24, 2.45) is 0 Å². The van der Waals surface area contributed by atoms with Crippen molar-refractivity contribution in [3.63, 3.8) is 0 Å². The second kappa shape index (κ2) is 5.83. The van der Waals surface area contributed by atoms with E-state index in [1.807, 2.05) is 37.3 Å². The summed E-state index contributed by atoms with van der Waals surface area (Å²) in [6.07, 6.45) is 3.40. The Bertz CT molecular complexity index is 722. The number of benzene rings is 1. The fourth-order valence-electron chi connectivity index (χ4n) is 1.97. The molecule has 1 aliphatic rings. The number of rotatable bonds is 3. The first-order chi connectivity index (χ1) is 10.2. The summed E-state index contributed by atoms with van der Waals surface area (Å²) < 4.78 is 5.69. The minimum absolute atomic E-state index is 0.0449. The molecule has 1 aromatic heterocycles. The van der Waals surface area contributed by atoms with Gasteiger partial charge in [-0.3, -0.25) is 9.69 Å². The van der Waals surface area contributed by atoms with Crippen molar-refractivity contribution in [2.45, 2.75) is 6.92 Å². The summed E-state index contributed by atoms with van der Waals surface area (Å²) in [6.45, 7) is 2.48. The lowest BCUT2D eigenvalue weighted by molar-refractivity contribution is 0.247. The minimum Gasteiger partial charge on any atom is -0.437 e.